The van der Waals surface area contributed by atoms with E-state index in [2.05, 4.69) is 15.4 Å². The van der Waals surface area contributed by atoms with E-state index in [1.165, 1.54) is 7.11 Å². The molecule has 0 fully saturated rings. The van der Waals surface area contributed by atoms with Crippen molar-refractivity contribution < 1.29 is 24.2 Å². The number of hydrogen-bond acceptors (Lipinski definition) is 4. The van der Waals surface area contributed by atoms with E-state index < -0.39 is 5.97 Å². The molecule has 1 atom stereocenters. The highest BCUT2D eigenvalue weighted by molar-refractivity contribution is 5.89. The Hall–Kier alpha value is -2.57. The molecule has 0 heterocycles. The summed E-state index contributed by atoms with van der Waals surface area (Å²) in [4.78, 5) is 33.3. The second kappa shape index (κ2) is 9.45. The summed E-state index contributed by atoms with van der Waals surface area (Å²) in [7, 11) is 1.36. The lowest BCUT2D eigenvalue weighted by atomic mass is 10.0. The minimum absolute atomic E-state index is 0.0212. The van der Waals surface area contributed by atoms with Crippen LogP contribution in [0.15, 0.2) is 24.3 Å². The lowest BCUT2D eigenvalue weighted by molar-refractivity contribution is -0.144. The number of ether oxygens (including phenoxy) is 1. The van der Waals surface area contributed by atoms with Gasteiger partial charge in [-0.1, -0.05) is 19.1 Å². The molecule has 0 radical (unpaired) electrons. The van der Waals surface area contributed by atoms with Crippen LogP contribution in [0.25, 0.3) is 0 Å². The van der Waals surface area contributed by atoms with Crippen molar-refractivity contribution in [2.45, 2.75) is 26.2 Å². The number of carboxylic acids is 1. The second-order valence-electron chi connectivity index (χ2n) is 5.20. The van der Waals surface area contributed by atoms with Crippen molar-refractivity contribution in [2.75, 3.05) is 19.0 Å². The Bertz CT molecular complexity index is 542. The maximum atomic E-state index is 11.6. The third kappa shape index (κ3) is 7.30. The maximum Gasteiger partial charge on any atom is 0.319 e. The first-order chi connectivity index (χ1) is 10.9. The predicted molar refractivity (Wildman–Crippen MR) is 85.2 cm³/mol. The molecule has 0 bridgehead atoms. The van der Waals surface area contributed by atoms with Crippen LogP contribution >= 0.6 is 0 Å². The molecule has 0 aromatic heterocycles. The molecule has 0 spiro atoms. The van der Waals surface area contributed by atoms with E-state index >= 15 is 0 Å². The van der Waals surface area contributed by atoms with Gasteiger partial charge in [0, 0.05) is 18.7 Å². The zero-order chi connectivity index (χ0) is 17.2. The van der Waals surface area contributed by atoms with Gasteiger partial charge in [0.1, 0.15) is 0 Å². The normalized spacial score (nSPS) is 11.4. The fraction of sp³-hybridized carbons (Fsp3) is 0.438. The molecular formula is C16H22N2O5. The third-order valence-corrected chi connectivity index (χ3v) is 3.21. The average Bonchev–Trinajstić information content (AvgIpc) is 2.52. The Morgan fingerprint density at radius 3 is 2.43 bits per heavy atom. The molecule has 7 heteroatoms. The van der Waals surface area contributed by atoms with Gasteiger partial charge in [-0.2, -0.15) is 0 Å². The lowest BCUT2D eigenvalue weighted by Crippen LogP contribution is -2.29. The molecular weight excluding hydrogens is 300 g/mol. The number of urea groups is 1. The SMILES string of the molecule is COC(=O)C(C)Cc1ccc(NC(=O)NCCCC(=O)O)cc1. The van der Waals surface area contributed by atoms with Crippen molar-refractivity contribution in [3.05, 3.63) is 29.8 Å². The molecule has 0 aliphatic carbocycles. The quantitative estimate of drug-likeness (QED) is 0.502. The number of amides is 2. The number of carbonyl (C=O) groups is 3. The molecule has 3 N–H and O–H groups in total. The molecule has 1 unspecified atom stereocenters. The fourth-order valence-electron chi connectivity index (χ4n) is 1.98. The topological polar surface area (TPSA) is 105 Å². The number of nitrogens with one attached hydrogen (secondary N) is 2. The van der Waals surface area contributed by atoms with Crippen molar-refractivity contribution in [2.24, 2.45) is 5.92 Å². The van der Waals surface area contributed by atoms with Crippen LogP contribution in [0, 0.1) is 5.92 Å². The van der Waals surface area contributed by atoms with Gasteiger partial charge < -0.3 is 20.5 Å². The van der Waals surface area contributed by atoms with Crippen molar-refractivity contribution in [3.63, 3.8) is 0 Å². The second-order valence-corrected chi connectivity index (χ2v) is 5.20. The van der Waals surface area contributed by atoms with Gasteiger partial charge in [-0.3, -0.25) is 9.59 Å². The number of rotatable bonds is 8. The molecule has 0 aliphatic heterocycles. The summed E-state index contributed by atoms with van der Waals surface area (Å²) in [6.45, 7) is 2.09. The number of carbonyl (C=O) groups excluding carboxylic acids is 2. The first-order valence-corrected chi connectivity index (χ1v) is 7.35. The molecule has 1 rings (SSSR count). The van der Waals surface area contributed by atoms with Crippen molar-refractivity contribution in [3.8, 4) is 0 Å². The smallest absolute Gasteiger partial charge is 0.319 e. The fourth-order valence-corrected chi connectivity index (χ4v) is 1.98. The van der Waals surface area contributed by atoms with E-state index in [1.54, 1.807) is 19.1 Å². The molecule has 0 saturated heterocycles. The standard InChI is InChI=1S/C16H22N2O5/c1-11(15(21)23-2)10-12-5-7-13(8-6-12)18-16(22)17-9-3-4-14(19)20/h5-8,11H,3-4,9-10H2,1-2H3,(H,19,20)(H2,17,18,22). The van der Waals surface area contributed by atoms with Gasteiger partial charge >= 0.3 is 18.0 Å². The maximum absolute atomic E-state index is 11.6. The summed E-state index contributed by atoms with van der Waals surface area (Å²) >= 11 is 0. The van der Waals surface area contributed by atoms with Gasteiger partial charge in [-0.05, 0) is 30.5 Å². The van der Waals surface area contributed by atoms with Gasteiger partial charge in [-0.25, -0.2) is 4.79 Å². The Morgan fingerprint density at radius 2 is 1.87 bits per heavy atom. The zero-order valence-corrected chi connectivity index (χ0v) is 13.3. The summed E-state index contributed by atoms with van der Waals surface area (Å²) in [5.74, 6) is -1.37. The summed E-state index contributed by atoms with van der Waals surface area (Å²) in [6.07, 6.45) is 0.967. The van der Waals surface area contributed by atoms with Gasteiger partial charge in [0.05, 0.1) is 13.0 Å². The molecule has 126 valence electrons. The van der Waals surface area contributed by atoms with Crippen LogP contribution in [0.5, 0.6) is 0 Å². The predicted octanol–water partition coefficient (Wildman–Crippen LogP) is 2.02. The number of methoxy groups -OCH3 is 1. The van der Waals surface area contributed by atoms with E-state index in [9.17, 15) is 14.4 Å². The molecule has 0 aliphatic rings. The van der Waals surface area contributed by atoms with E-state index in [0.717, 1.165) is 5.56 Å². The third-order valence-electron chi connectivity index (χ3n) is 3.21. The van der Waals surface area contributed by atoms with Crippen LogP contribution in [0.1, 0.15) is 25.3 Å². The molecule has 0 saturated carbocycles. The highest BCUT2D eigenvalue weighted by Crippen LogP contribution is 2.14. The Morgan fingerprint density at radius 1 is 1.22 bits per heavy atom. The van der Waals surface area contributed by atoms with Gasteiger partial charge in [0.2, 0.25) is 0 Å². The highest BCUT2D eigenvalue weighted by Gasteiger charge is 2.13. The number of aliphatic carboxylic acids is 1. The van der Waals surface area contributed by atoms with Crippen LogP contribution in [0.4, 0.5) is 10.5 Å². The summed E-state index contributed by atoms with van der Waals surface area (Å²) in [5, 5.41) is 13.7. The van der Waals surface area contributed by atoms with Crippen LogP contribution in [-0.4, -0.2) is 36.7 Å². The van der Waals surface area contributed by atoms with Gasteiger partial charge in [0.15, 0.2) is 0 Å². The van der Waals surface area contributed by atoms with Crippen LogP contribution in [0.3, 0.4) is 0 Å². The van der Waals surface area contributed by atoms with Gasteiger partial charge in [0.25, 0.3) is 0 Å². The summed E-state index contributed by atoms with van der Waals surface area (Å²) < 4.78 is 4.68. The van der Waals surface area contributed by atoms with Crippen molar-refractivity contribution >= 4 is 23.7 Å². The molecule has 1 aromatic rings. The largest absolute Gasteiger partial charge is 0.481 e. The summed E-state index contributed by atoms with van der Waals surface area (Å²) in [5.41, 5.74) is 1.59. The lowest BCUT2D eigenvalue weighted by Gasteiger charge is -2.10. The zero-order valence-electron chi connectivity index (χ0n) is 13.3. The van der Waals surface area contributed by atoms with Gasteiger partial charge in [-0.15, -0.1) is 0 Å². The Kier molecular flexibility index (Phi) is 7.59. The van der Waals surface area contributed by atoms with Crippen molar-refractivity contribution in [1.82, 2.24) is 5.32 Å². The number of benzene rings is 1. The minimum Gasteiger partial charge on any atom is -0.481 e. The van der Waals surface area contributed by atoms with Crippen LogP contribution in [-0.2, 0) is 20.7 Å². The number of carboxylic acid groups (broad SMARTS) is 1. The molecule has 23 heavy (non-hydrogen) atoms. The Balaban J connectivity index is 2.40. The average molecular weight is 322 g/mol. The minimum atomic E-state index is -0.885. The number of hydrogen-bond donors (Lipinski definition) is 3. The summed E-state index contributed by atoms with van der Waals surface area (Å²) in [6, 6.07) is 6.77. The van der Waals surface area contributed by atoms with E-state index in [4.69, 9.17) is 5.11 Å². The molecule has 2 amide bonds. The first kappa shape index (κ1) is 18.5. The molecule has 1 aromatic carbocycles. The van der Waals surface area contributed by atoms with E-state index in [0.29, 0.717) is 25.1 Å². The number of anilines is 1. The van der Waals surface area contributed by atoms with Crippen LogP contribution < -0.4 is 10.6 Å². The Labute approximate surface area is 135 Å². The van der Waals surface area contributed by atoms with E-state index in [1.807, 2.05) is 12.1 Å². The van der Waals surface area contributed by atoms with Crippen molar-refractivity contribution in [1.29, 1.82) is 0 Å². The monoisotopic (exact) mass is 322 g/mol. The first-order valence-electron chi connectivity index (χ1n) is 7.35. The van der Waals surface area contributed by atoms with E-state index in [-0.39, 0.29) is 24.3 Å². The number of esters is 1. The molecule has 7 nitrogen and oxygen atoms in total. The van der Waals surface area contributed by atoms with Crippen LogP contribution in [0.2, 0.25) is 0 Å². The highest BCUT2D eigenvalue weighted by atomic mass is 16.5.